The summed E-state index contributed by atoms with van der Waals surface area (Å²) in [6, 6.07) is 5.59. The van der Waals surface area contributed by atoms with Crippen LogP contribution in [-0.2, 0) is 0 Å². The van der Waals surface area contributed by atoms with Crippen LogP contribution in [0.25, 0.3) is 0 Å². The average Bonchev–Trinajstić information content (AvgIpc) is 3.28. The molecule has 2 atom stereocenters. The number of benzene rings is 1. The second-order valence-corrected chi connectivity index (χ2v) is 7.11. The molecular formula is C17H13Cl2F2N3O. The van der Waals surface area contributed by atoms with Gasteiger partial charge >= 0.3 is 0 Å². The third-order valence-corrected chi connectivity index (χ3v) is 5.39. The topological polar surface area (TPSA) is 57.8 Å². The van der Waals surface area contributed by atoms with Crippen LogP contribution in [0.3, 0.4) is 0 Å². The van der Waals surface area contributed by atoms with Gasteiger partial charge in [0.15, 0.2) is 0 Å². The molecule has 25 heavy (non-hydrogen) atoms. The lowest BCUT2D eigenvalue weighted by atomic mass is 9.90. The van der Waals surface area contributed by atoms with Gasteiger partial charge in [0.1, 0.15) is 10.2 Å². The van der Waals surface area contributed by atoms with E-state index in [-0.39, 0.29) is 21.9 Å². The minimum atomic E-state index is -2.80. The second kappa shape index (κ2) is 6.11. The molecule has 0 aliphatic heterocycles. The van der Waals surface area contributed by atoms with E-state index in [1.807, 2.05) is 12.1 Å². The third kappa shape index (κ3) is 2.55. The lowest BCUT2D eigenvalue weighted by molar-refractivity contribution is 0.101. The third-order valence-electron chi connectivity index (χ3n) is 4.96. The van der Waals surface area contributed by atoms with Gasteiger partial charge < -0.3 is 5.32 Å². The number of carbonyl (C=O) groups excluding carboxylic acids is 1. The average molecular weight is 384 g/mol. The molecule has 1 aromatic heterocycles. The molecule has 2 N–H and O–H groups in total. The Morgan fingerprint density at radius 2 is 2.04 bits per heavy atom. The number of alkyl halides is 2. The molecule has 1 heterocycles. The summed E-state index contributed by atoms with van der Waals surface area (Å²) in [6.45, 7) is 0. The first-order valence-electron chi connectivity index (χ1n) is 7.79. The molecule has 8 heteroatoms. The lowest BCUT2D eigenvalue weighted by Crippen LogP contribution is -2.16. The summed E-state index contributed by atoms with van der Waals surface area (Å²) in [5.41, 5.74) is 2.99. The summed E-state index contributed by atoms with van der Waals surface area (Å²) in [4.78, 5) is 12.5. The lowest BCUT2D eigenvalue weighted by Gasteiger charge is -2.18. The van der Waals surface area contributed by atoms with E-state index in [4.69, 9.17) is 23.2 Å². The zero-order valence-corrected chi connectivity index (χ0v) is 14.3. The van der Waals surface area contributed by atoms with Crippen molar-refractivity contribution >= 4 is 34.8 Å². The maximum atomic E-state index is 13.0. The highest BCUT2D eigenvalue weighted by Crippen LogP contribution is 2.60. The number of H-pyrrole nitrogens is 1. The van der Waals surface area contributed by atoms with Crippen molar-refractivity contribution in [2.45, 2.75) is 31.1 Å². The summed E-state index contributed by atoms with van der Waals surface area (Å²) in [5.74, 6) is -0.407. The molecule has 0 radical (unpaired) electrons. The molecule has 4 nitrogen and oxygen atoms in total. The van der Waals surface area contributed by atoms with Gasteiger partial charge in [-0.15, -0.1) is 0 Å². The molecule has 1 saturated carbocycles. The predicted octanol–water partition coefficient (Wildman–Crippen LogP) is 5.26. The Bertz CT molecular complexity index is 890. The van der Waals surface area contributed by atoms with Crippen LogP contribution >= 0.6 is 23.2 Å². The Morgan fingerprint density at radius 3 is 2.76 bits per heavy atom. The Kier molecular flexibility index (Phi) is 4.04. The van der Waals surface area contributed by atoms with Crippen LogP contribution in [0.1, 0.15) is 58.3 Å². The van der Waals surface area contributed by atoms with Crippen LogP contribution in [0.5, 0.6) is 0 Å². The normalized spacial score (nSPS) is 20.9. The number of hydrogen-bond acceptors (Lipinski definition) is 2. The number of amides is 1. The summed E-state index contributed by atoms with van der Waals surface area (Å²) in [6.07, 6.45) is 0.166. The first kappa shape index (κ1) is 16.5. The van der Waals surface area contributed by atoms with E-state index < -0.39 is 18.0 Å². The fraction of sp³-hybridized carbons (Fsp3) is 0.294. The van der Waals surface area contributed by atoms with E-state index in [2.05, 4.69) is 15.5 Å². The fourth-order valence-electron chi connectivity index (χ4n) is 3.99. The molecule has 1 aromatic carbocycles. The quantitative estimate of drug-likeness (QED) is 0.758. The van der Waals surface area contributed by atoms with Crippen LogP contribution < -0.4 is 5.32 Å². The molecule has 2 aliphatic carbocycles. The number of carbonyl (C=O) groups is 1. The van der Waals surface area contributed by atoms with E-state index in [9.17, 15) is 13.6 Å². The fourth-order valence-corrected chi connectivity index (χ4v) is 4.52. The monoisotopic (exact) mass is 383 g/mol. The first-order chi connectivity index (χ1) is 12.0. The van der Waals surface area contributed by atoms with Crippen molar-refractivity contribution < 1.29 is 13.6 Å². The standard InChI is InChI=1S/C17H13Cl2F2N3O/c18-15(19)13-8-4-5-9(13)12-7(8)2-1-3-11(12)23-17(25)10-6-22-24-14(10)16(20)21/h1-3,6,8-9,16H,4-5H2,(H,22,24)(H,23,25). The molecular weight excluding hydrogens is 371 g/mol. The Labute approximate surface area is 152 Å². The number of nitrogens with one attached hydrogen (secondary N) is 2. The molecule has 0 saturated heterocycles. The number of hydrogen-bond donors (Lipinski definition) is 2. The maximum Gasteiger partial charge on any atom is 0.280 e. The zero-order chi connectivity index (χ0) is 17.7. The van der Waals surface area contributed by atoms with Gasteiger partial charge in [0, 0.05) is 17.5 Å². The number of nitrogens with zero attached hydrogens (tertiary/aromatic N) is 1. The van der Waals surface area contributed by atoms with Crippen LogP contribution in [-0.4, -0.2) is 16.1 Å². The van der Waals surface area contributed by atoms with E-state index in [0.717, 1.165) is 35.7 Å². The Hall–Kier alpha value is -1.92. The smallest absolute Gasteiger partial charge is 0.280 e. The second-order valence-electron chi connectivity index (χ2n) is 6.16. The van der Waals surface area contributed by atoms with E-state index in [1.54, 1.807) is 6.07 Å². The van der Waals surface area contributed by atoms with E-state index in [0.29, 0.717) is 5.69 Å². The molecule has 1 amide bonds. The highest BCUT2D eigenvalue weighted by molar-refractivity contribution is 6.56. The van der Waals surface area contributed by atoms with E-state index >= 15 is 0 Å². The Morgan fingerprint density at radius 1 is 1.28 bits per heavy atom. The molecule has 4 rings (SSSR count). The van der Waals surface area contributed by atoms with Gasteiger partial charge in [0.25, 0.3) is 12.3 Å². The van der Waals surface area contributed by atoms with Crippen LogP contribution in [0.2, 0.25) is 0 Å². The van der Waals surface area contributed by atoms with Crippen LogP contribution in [0.4, 0.5) is 14.5 Å². The van der Waals surface area contributed by atoms with Gasteiger partial charge in [-0.25, -0.2) is 8.78 Å². The van der Waals surface area contributed by atoms with Crippen molar-refractivity contribution in [3.8, 4) is 0 Å². The largest absolute Gasteiger partial charge is 0.322 e. The maximum absolute atomic E-state index is 13.0. The SMILES string of the molecule is O=C(Nc1cccc2c1C1CCC2C1=C(Cl)Cl)c1cn[nH]c1C(F)F. The van der Waals surface area contributed by atoms with Crippen molar-refractivity contribution in [3.63, 3.8) is 0 Å². The number of fused-ring (bicyclic) bond motifs is 5. The number of halogens is 4. The zero-order valence-electron chi connectivity index (χ0n) is 12.8. The summed E-state index contributed by atoms with van der Waals surface area (Å²) < 4.78 is 26.2. The van der Waals surface area contributed by atoms with Crippen LogP contribution in [0, 0.1) is 0 Å². The van der Waals surface area contributed by atoms with Crippen molar-refractivity contribution in [3.05, 3.63) is 56.8 Å². The number of aromatic nitrogens is 2. The number of anilines is 1. The summed E-state index contributed by atoms with van der Waals surface area (Å²) in [7, 11) is 0. The number of allylic oxidation sites excluding steroid dienone is 1. The van der Waals surface area contributed by atoms with Gasteiger partial charge in [0.05, 0.1) is 11.8 Å². The van der Waals surface area contributed by atoms with Gasteiger partial charge in [-0.2, -0.15) is 5.10 Å². The van der Waals surface area contributed by atoms with Gasteiger partial charge in [-0.05, 0) is 35.6 Å². The van der Waals surface area contributed by atoms with Crippen molar-refractivity contribution in [1.29, 1.82) is 0 Å². The van der Waals surface area contributed by atoms with Gasteiger partial charge in [-0.3, -0.25) is 9.89 Å². The van der Waals surface area contributed by atoms with E-state index in [1.165, 1.54) is 0 Å². The van der Waals surface area contributed by atoms with Gasteiger partial charge in [0.2, 0.25) is 0 Å². The van der Waals surface area contributed by atoms with Gasteiger partial charge in [-0.1, -0.05) is 35.3 Å². The van der Waals surface area contributed by atoms with Crippen LogP contribution in [0.15, 0.2) is 34.5 Å². The van der Waals surface area contributed by atoms with Crippen molar-refractivity contribution in [2.24, 2.45) is 0 Å². The molecule has 1 fully saturated rings. The number of rotatable bonds is 3. The minimum absolute atomic E-state index is 0.0559. The molecule has 0 spiro atoms. The molecule has 2 aliphatic rings. The highest BCUT2D eigenvalue weighted by atomic mass is 35.5. The minimum Gasteiger partial charge on any atom is -0.322 e. The molecule has 2 unspecified atom stereocenters. The van der Waals surface area contributed by atoms with Crippen molar-refractivity contribution in [1.82, 2.24) is 10.2 Å². The predicted molar refractivity (Wildman–Crippen MR) is 91.4 cm³/mol. The molecule has 2 aromatic rings. The molecule has 2 bridgehead atoms. The Balaban J connectivity index is 1.70. The highest BCUT2D eigenvalue weighted by Gasteiger charge is 2.44. The van der Waals surface area contributed by atoms with Crippen molar-refractivity contribution in [2.75, 3.05) is 5.32 Å². The first-order valence-corrected chi connectivity index (χ1v) is 8.55. The number of aromatic amines is 1. The summed E-state index contributed by atoms with van der Waals surface area (Å²) >= 11 is 12.1. The molecule has 130 valence electrons. The summed E-state index contributed by atoms with van der Waals surface area (Å²) in [5, 5.41) is 8.46.